The molecule has 12 nitrogen and oxygen atoms in total. The van der Waals surface area contributed by atoms with Crippen molar-refractivity contribution in [2.24, 2.45) is 0 Å². The van der Waals surface area contributed by atoms with Crippen molar-refractivity contribution in [2.45, 2.75) is 51.9 Å². The van der Waals surface area contributed by atoms with Crippen LogP contribution in [0.3, 0.4) is 0 Å². The number of tetrazole rings is 1. The van der Waals surface area contributed by atoms with Gasteiger partial charge < -0.3 is 10.6 Å². The maximum absolute atomic E-state index is 14.1. The fourth-order valence-electron chi connectivity index (χ4n) is 3.96. The van der Waals surface area contributed by atoms with E-state index in [1.807, 2.05) is 6.07 Å². The molecule has 0 atom stereocenters. The molecule has 230 valence electrons. The highest BCUT2D eigenvalue weighted by Crippen LogP contribution is 2.42. The van der Waals surface area contributed by atoms with E-state index in [9.17, 15) is 36.8 Å². The Kier molecular flexibility index (Phi) is 8.55. The van der Waals surface area contributed by atoms with Gasteiger partial charge in [0.2, 0.25) is 5.82 Å². The Morgan fingerprint density at radius 1 is 1.09 bits per heavy atom. The van der Waals surface area contributed by atoms with Gasteiger partial charge in [-0.15, -0.1) is 5.10 Å². The minimum Gasteiger partial charge on any atom is -0.347 e. The molecule has 18 heteroatoms. The Bertz CT molecular complexity index is 1790. The number of rotatable bonds is 7. The van der Waals surface area contributed by atoms with E-state index in [2.05, 4.69) is 52.2 Å². The summed E-state index contributed by atoms with van der Waals surface area (Å²) in [4.78, 5) is 31.1. The Hall–Kier alpha value is -4.79. The number of anilines is 1. The molecule has 0 aliphatic carbocycles. The average Bonchev–Trinajstić information content (AvgIpc) is 3.56. The molecule has 0 unspecified atom stereocenters. The molecule has 44 heavy (non-hydrogen) atoms. The minimum atomic E-state index is -5.97. The van der Waals surface area contributed by atoms with Crippen molar-refractivity contribution >= 4 is 33.4 Å². The first-order valence-electron chi connectivity index (χ1n) is 12.5. The third-order valence-electron chi connectivity index (χ3n) is 5.85. The lowest BCUT2D eigenvalue weighted by Gasteiger charge is -2.22. The number of amides is 2. The van der Waals surface area contributed by atoms with Gasteiger partial charge in [-0.1, -0.05) is 0 Å². The molecular formula is C26H22BrF5N10O2. The van der Waals surface area contributed by atoms with E-state index in [0.717, 1.165) is 10.7 Å². The molecule has 0 radical (unpaired) electrons. The molecule has 0 fully saturated rings. The fourth-order valence-corrected chi connectivity index (χ4v) is 4.39. The Morgan fingerprint density at radius 3 is 2.41 bits per heavy atom. The quantitative estimate of drug-likeness (QED) is 0.267. The zero-order chi connectivity index (χ0) is 32.6. The van der Waals surface area contributed by atoms with E-state index in [-0.39, 0.29) is 38.7 Å². The van der Waals surface area contributed by atoms with Crippen molar-refractivity contribution in [3.05, 3.63) is 74.9 Å². The van der Waals surface area contributed by atoms with Crippen molar-refractivity contribution in [3.63, 3.8) is 0 Å². The summed E-state index contributed by atoms with van der Waals surface area (Å²) in [7, 11) is 0. The van der Waals surface area contributed by atoms with E-state index in [1.54, 1.807) is 39.8 Å². The van der Waals surface area contributed by atoms with Crippen LogP contribution >= 0.6 is 15.9 Å². The first-order chi connectivity index (χ1) is 20.4. The monoisotopic (exact) mass is 680 g/mol. The molecule has 0 spiro atoms. The minimum absolute atomic E-state index is 0.0113. The number of nitrogens with zero attached hydrogens (tertiary/aromatic N) is 8. The van der Waals surface area contributed by atoms with Crippen LogP contribution in [-0.4, -0.2) is 58.5 Å². The number of carbonyl (C=O) groups excluding carboxylic acids is 2. The number of nitriles is 1. The van der Waals surface area contributed by atoms with Gasteiger partial charge in [-0.25, -0.2) is 14.3 Å². The van der Waals surface area contributed by atoms with Crippen LogP contribution in [0, 0.1) is 18.3 Å². The average molecular weight is 681 g/mol. The smallest absolute Gasteiger partial charge is 0.347 e. The van der Waals surface area contributed by atoms with Crippen LogP contribution in [0.4, 0.5) is 27.6 Å². The summed E-state index contributed by atoms with van der Waals surface area (Å²) in [6.45, 7) is 6.03. The second-order valence-corrected chi connectivity index (χ2v) is 11.3. The SMILES string of the molecule is Cc1cc(C#N)cc(C(=O)NC(C)(C)C)c1NC(=O)c1cc(Cn2nnnc2C(F)(F)C(F)(F)F)nn1-c1ncccc1Br. The number of benzene rings is 1. The second kappa shape index (κ2) is 11.7. The number of carbonyl (C=O) groups is 2. The number of hydrogen-bond acceptors (Lipinski definition) is 8. The molecule has 2 amide bonds. The van der Waals surface area contributed by atoms with Crippen LogP contribution in [0.2, 0.25) is 0 Å². The molecule has 4 aromatic rings. The van der Waals surface area contributed by atoms with Gasteiger partial charge in [0.25, 0.3) is 11.8 Å². The highest BCUT2D eigenvalue weighted by Gasteiger charge is 2.62. The largest absolute Gasteiger partial charge is 0.461 e. The fraction of sp³-hybridized carbons (Fsp3) is 0.308. The number of nitrogens with one attached hydrogen (secondary N) is 2. The standard InChI is InChI=1S/C26H22BrF5N10O2/c1-13-8-14(11-33)9-16(21(43)36-24(2,3)4)19(13)35-22(44)18-10-15(38-42(18)20-17(27)6-5-7-34-20)12-41-23(37-39-40-41)25(28,29)26(30,31)32/h5-10H,12H2,1-4H3,(H,35,44)(H,36,43). The van der Waals surface area contributed by atoms with Crippen molar-refractivity contribution in [1.82, 2.24) is 40.3 Å². The number of pyridine rings is 1. The molecule has 0 aliphatic heterocycles. The maximum atomic E-state index is 14.1. The highest BCUT2D eigenvalue weighted by molar-refractivity contribution is 9.10. The molecule has 0 saturated carbocycles. The predicted molar refractivity (Wildman–Crippen MR) is 147 cm³/mol. The second-order valence-electron chi connectivity index (χ2n) is 10.5. The Morgan fingerprint density at radius 2 is 1.80 bits per heavy atom. The van der Waals surface area contributed by atoms with Crippen LogP contribution in [0.5, 0.6) is 0 Å². The summed E-state index contributed by atoms with van der Waals surface area (Å²) < 4.78 is 68.9. The topological polar surface area (TPSA) is 156 Å². The van der Waals surface area contributed by atoms with Gasteiger partial charge >= 0.3 is 12.1 Å². The lowest BCUT2D eigenvalue weighted by atomic mass is 10.0. The Balaban J connectivity index is 1.79. The summed E-state index contributed by atoms with van der Waals surface area (Å²) in [5.74, 6) is -8.50. The summed E-state index contributed by atoms with van der Waals surface area (Å²) in [5.41, 5.74) is -0.484. The molecular weight excluding hydrogens is 659 g/mol. The number of halogens is 6. The van der Waals surface area contributed by atoms with Crippen LogP contribution in [0.15, 0.2) is 41.0 Å². The lowest BCUT2D eigenvalue weighted by Crippen LogP contribution is -2.41. The number of aryl methyl sites for hydroxylation is 1. The van der Waals surface area contributed by atoms with Gasteiger partial charge in [0.1, 0.15) is 5.69 Å². The van der Waals surface area contributed by atoms with Crippen molar-refractivity contribution < 1.29 is 31.5 Å². The zero-order valence-electron chi connectivity index (χ0n) is 23.3. The number of alkyl halides is 5. The van der Waals surface area contributed by atoms with Gasteiger partial charge in [-0.05, 0) is 89.9 Å². The van der Waals surface area contributed by atoms with Crippen LogP contribution in [0.1, 0.15) is 64.3 Å². The first kappa shape index (κ1) is 32.1. The molecule has 3 aromatic heterocycles. The lowest BCUT2D eigenvalue weighted by molar-refractivity contribution is -0.293. The molecule has 0 saturated heterocycles. The van der Waals surface area contributed by atoms with Gasteiger partial charge in [0.05, 0.1) is 39.6 Å². The third kappa shape index (κ3) is 6.56. The van der Waals surface area contributed by atoms with Crippen LogP contribution < -0.4 is 10.6 Å². The number of hydrogen-bond donors (Lipinski definition) is 2. The van der Waals surface area contributed by atoms with Crippen molar-refractivity contribution in [3.8, 4) is 11.9 Å². The maximum Gasteiger partial charge on any atom is 0.461 e. The van der Waals surface area contributed by atoms with Gasteiger partial charge in [0.15, 0.2) is 5.82 Å². The summed E-state index contributed by atoms with van der Waals surface area (Å²) in [6, 6.07) is 9.01. The van der Waals surface area contributed by atoms with E-state index >= 15 is 0 Å². The van der Waals surface area contributed by atoms with Gasteiger partial charge in [-0.2, -0.15) is 32.3 Å². The van der Waals surface area contributed by atoms with Gasteiger partial charge in [-0.3, -0.25) is 9.59 Å². The van der Waals surface area contributed by atoms with E-state index in [4.69, 9.17) is 0 Å². The summed E-state index contributed by atoms with van der Waals surface area (Å²) in [5, 5.41) is 28.1. The van der Waals surface area contributed by atoms with Crippen molar-refractivity contribution in [2.75, 3.05) is 5.32 Å². The van der Waals surface area contributed by atoms with Crippen LogP contribution in [-0.2, 0) is 12.5 Å². The van der Waals surface area contributed by atoms with Crippen molar-refractivity contribution in [1.29, 1.82) is 5.26 Å². The van der Waals surface area contributed by atoms with Gasteiger partial charge in [0, 0.05) is 11.7 Å². The normalized spacial score (nSPS) is 12.1. The van der Waals surface area contributed by atoms with E-state index < -0.39 is 41.8 Å². The zero-order valence-corrected chi connectivity index (χ0v) is 24.9. The molecule has 1 aromatic carbocycles. The molecule has 2 N–H and O–H groups in total. The molecule has 4 rings (SSSR count). The molecule has 0 aliphatic rings. The third-order valence-corrected chi connectivity index (χ3v) is 6.47. The number of aromatic nitrogens is 7. The van der Waals surface area contributed by atoms with E-state index in [0.29, 0.717) is 10.0 Å². The molecule has 3 heterocycles. The predicted octanol–water partition coefficient (Wildman–Crippen LogP) is 4.68. The summed E-state index contributed by atoms with van der Waals surface area (Å²) in [6.07, 6.45) is -4.59. The highest BCUT2D eigenvalue weighted by atomic mass is 79.9. The van der Waals surface area contributed by atoms with Crippen LogP contribution in [0.25, 0.3) is 5.82 Å². The van der Waals surface area contributed by atoms with E-state index in [1.165, 1.54) is 18.3 Å². The molecule has 0 bridgehead atoms. The Labute approximate surface area is 254 Å². The summed E-state index contributed by atoms with van der Waals surface area (Å²) >= 11 is 3.30. The first-order valence-corrected chi connectivity index (χ1v) is 13.3.